The van der Waals surface area contributed by atoms with E-state index in [9.17, 15) is 9.90 Å². The molecule has 6 heteroatoms. The van der Waals surface area contributed by atoms with E-state index in [0.29, 0.717) is 6.42 Å². The van der Waals surface area contributed by atoms with E-state index < -0.39 is 24.9 Å². The van der Waals surface area contributed by atoms with Crippen molar-refractivity contribution in [2.75, 3.05) is 6.61 Å². The van der Waals surface area contributed by atoms with Gasteiger partial charge in [-0.1, -0.05) is 59.4 Å². The summed E-state index contributed by atoms with van der Waals surface area (Å²) in [6, 6.07) is 0. The smallest absolute Gasteiger partial charge is 0.314 e. The number of allylic oxidation sites excluding steroid dienone is 2. The summed E-state index contributed by atoms with van der Waals surface area (Å²) in [5.74, 6) is -0.587. The highest BCUT2D eigenvalue weighted by molar-refractivity contribution is 6.74. The number of esters is 1. The van der Waals surface area contributed by atoms with Crippen molar-refractivity contribution < 1.29 is 23.8 Å². The number of carbonyl (C=O) groups is 1. The molecule has 5 atom stereocenters. The summed E-state index contributed by atoms with van der Waals surface area (Å²) in [6.07, 6.45) is 6.04. The second-order valence-corrected chi connectivity index (χ2v) is 17.0. The molecule has 0 aromatic rings. The zero-order chi connectivity index (χ0) is 24.3. The number of rotatable bonds is 8. The Bertz CT molecular complexity index is 836. The molecule has 0 aromatic carbocycles. The van der Waals surface area contributed by atoms with Gasteiger partial charge in [-0.25, -0.2) is 0 Å². The molecule has 2 saturated heterocycles. The molecule has 32 heavy (non-hydrogen) atoms. The van der Waals surface area contributed by atoms with Crippen molar-refractivity contribution in [3.05, 3.63) is 36.5 Å². The lowest BCUT2D eigenvalue weighted by molar-refractivity contribution is -0.147. The summed E-state index contributed by atoms with van der Waals surface area (Å²) < 4.78 is 18.4. The van der Waals surface area contributed by atoms with E-state index in [2.05, 4.69) is 60.9 Å². The zero-order valence-electron chi connectivity index (χ0n) is 21.2. The lowest BCUT2D eigenvalue weighted by Crippen LogP contribution is -2.54. The van der Waals surface area contributed by atoms with Gasteiger partial charge in [-0.2, -0.15) is 0 Å². The van der Waals surface area contributed by atoms with Crippen LogP contribution < -0.4 is 0 Å². The van der Waals surface area contributed by atoms with Crippen LogP contribution in [0.4, 0.5) is 0 Å². The first kappa shape index (κ1) is 25.4. The van der Waals surface area contributed by atoms with E-state index in [1.54, 1.807) is 0 Å². The average molecular weight is 463 g/mol. The van der Waals surface area contributed by atoms with Crippen molar-refractivity contribution in [3.8, 4) is 0 Å². The van der Waals surface area contributed by atoms with Crippen LogP contribution in [0, 0.1) is 11.3 Å². The van der Waals surface area contributed by atoms with Crippen molar-refractivity contribution in [2.24, 2.45) is 11.3 Å². The third kappa shape index (κ3) is 4.20. The van der Waals surface area contributed by atoms with Crippen molar-refractivity contribution in [1.82, 2.24) is 0 Å². The van der Waals surface area contributed by atoms with Crippen LogP contribution in [0.2, 0.25) is 18.1 Å². The standard InChI is InChI=1S/C26H42O5Si/c1-17(11-12-20-25(8,16-27)29-20)13-14-26-15-19(31-32(9,10)23(3,4)5)18(2)21(22(28)30-26)24(26,6)7/h13-14,19-21,27H,1-2,11-12,15-16H2,3-10H3/b14-13+/t19-,20-,21-,25-,26-/m0/s1. The highest BCUT2D eigenvalue weighted by Gasteiger charge is 2.66. The topological polar surface area (TPSA) is 68.3 Å². The molecule has 3 aliphatic rings. The van der Waals surface area contributed by atoms with Crippen LogP contribution in [0.15, 0.2) is 36.5 Å². The van der Waals surface area contributed by atoms with Gasteiger partial charge in [-0.15, -0.1) is 0 Å². The van der Waals surface area contributed by atoms with Crippen molar-refractivity contribution >= 4 is 14.3 Å². The maximum atomic E-state index is 12.9. The molecule has 2 bridgehead atoms. The summed E-state index contributed by atoms with van der Waals surface area (Å²) in [5, 5.41) is 9.44. The summed E-state index contributed by atoms with van der Waals surface area (Å²) in [6.45, 7) is 25.8. The largest absolute Gasteiger partial charge is 0.454 e. The first-order valence-corrected chi connectivity index (χ1v) is 14.7. The number of aliphatic hydroxyl groups is 1. The number of hydrogen-bond donors (Lipinski definition) is 1. The summed E-state index contributed by atoms with van der Waals surface area (Å²) >= 11 is 0. The first-order chi connectivity index (χ1) is 14.5. The lowest BCUT2D eigenvalue weighted by Gasteiger charge is -2.49. The predicted octanol–water partition coefficient (Wildman–Crippen LogP) is 5.32. The first-order valence-electron chi connectivity index (χ1n) is 11.7. The monoisotopic (exact) mass is 462 g/mol. The SMILES string of the molecule is C=C(/C=C/[C@@]12C[C@H](O[Si](C)(C)C(C)(C)C)C(=C)[C@@H](C(=O)O1)C2(C)C)CC[C@@H]1O[C@@]1(C)CO. The highest BCUT2D eigenvalue weighted by atomic mass is 28.4. The molecular formula is C26H42O5Si. The van der Waals surface area contributed by atoms with Gasteiger partial charge in [-0.3, -0.25) is 4.79 Å². The summed E-state index contributed by atoms with van der Waals surface area (Å²) in [4.78, 5) is 12.9. The second-order valence-electron chi connectivity index (χ2n) is 12.2. The molecule has 0 unspecified atom stereocenters. The normalized spacial score (nSPS) is 36.5. The Labute approximate surface area is 195 Å². The van der Waals surface area contributed by atoms with Crippen LogP contribution >= 0.6 is 0 Å². The van der Waals surface area contributed by atoms with Crippen molar-refractivity contribution in [2.45, 2.75) is 102 Å². The van der Waals surface area contributed by atoms with Gasteiger partial charge in [0.05, 0.1) is 24.7 Å². The van der Waals surface area contributed by atoms with Crippen LogP contribution in [0.25, 0.3) is 0 Å². The van der Waals surface area contributed by atoms with Crippen LogP contribution in [0.5, 0.6) is 0 Å². The number of fused-ring (bicyclic) bond motifs is 2. The van der Waals surface area contributed by atoms with Crippen molar-refractivity contribution in [1.29, 1.82) is 0 Å². The summed E-state index contributed by atoms with van der Waals surface area (Å²) in [7, 11) is -2.05. The minimum Gasteiger partial charge on any atom is -0.454 e. The van der Waals surface area contributed by atoms with Crippen LogP contribution in [0.1, 0.15) is 60.8 Å². The van der Waals surface area contributed by atoms with Gasteiger partial charge in [0.1, 0.15) is 11.2 Å². The molecule has 0 spiro atoms. The van der Waals surface area contributed by atoms with Gasteiger partial charge in [-0.05, 0) is 49.5 Å². The van der Waals surface area contributed by atoms with Gasteiger partial charge in [0, 0.05) is 11.8 Å². The van der Waals surface area contributed by atoms with Crippen LogP contribution in [-0.2, 0) is 18.7 Å². The average Bonchev–Trinajstić information content (AvgIpc) is 3.29. The minimum absolute atomic E-state index is 0.0358. The molecule has 180 valence electrons. The number of carbonyl (C=O) groups excluding carboxylic acids is 1. The maximum Gasteiger partial charge on any atom is 0.314 e. The second kappa shape index (κ2) is 7.93. The molecule has 3 rings (SSSR count). The van der Waals surface area contributed by atoms with E-state index in [0.717, 1.165) is 24.0 Å². The molecule has 1 N–H and O–H groups in total. The molecule has 1 saturated carbocycles. The molecule has 2 heterocycles. The number of aliphatic hydroxyl groups excluding tert-OH is 1. The van der Waals surface area contributed by atoms with Crippen molar-refractivity contribution in [3.63, 3.8) is 0 Å². The Hall–Kier alpha value is -1.21. The fourth-order valence-electron chi connectivity index (χ4n) is 4.83. The van der Waals surface area contributed by atoms with E-state index >= 15 is 0 Å². The van der Waals surface area contributed by atoms with E-state index in [4.69, 9.17) is 13.9 Å². The third-order valence-corrected chi connectivity index (χ3v) is 13.0. The number of hydrogen-bond acceptors (Lipinski definition) is 5. The molecular weight excluding hydrogens is 420 g/mol. The predicted molar refractivity (Wildman–Crippen MR) is 130 cm³/mol. The zero-order valence-corrected chi connectivity index (χ0v) is 22.2. The van der Waals surface area contributed by atoms with Crippen LogP contribution in [0.3, 0.4) is 0 Å². The lowest BCUT2D eigenvalue weighted by atomic mass is 9.59. The quantitative estimate of drug-likeness (QED) is 0.174. The van der Waals surface area contributed by atoms with Gasteiger partial charge in [0.2, 0.25) is 0 Å². The molecule has 1 aliphatic carbocycles. The van der Waals surface area contributed by atoms with Gasteiger partial charge in [0.15, 0.2) is 8.32 Å². The molecule has 5 nitrogen and oxygen atoms in total. The van der Waals surface area contributed by atoms with Gasteiger partial charge < -0.3 is 19.0 Å². The van der Waals surface area contributed by atoms with Crippen LogP contribution in [-0.4, -0.2) is 49.4 Å². The van der Waals surface area contributed by atoms with E-state index in [1.807, 2.05) is 19.1 Å². The van der Waals surface area contributed by atoms with E-state index in [-0.39, 0.29) is 35.7 Å². The summed E-state index contributed by atoms with van der Waals surface area (Å²) in [5.41, 5.74) is 0.231. The Balaban J connectivity index is 1.78. The maximum absolute atomic E-state index is 12.9. The minimum atomic E-state index is -2.05. The molecule has 2 aliphatic heterocycles. The Morgan fingerprint density at radius 1 is 1.31 bits per heavy atom. The number of epoxide rings is 1. The van der Waals surface area contributed by atoms with Gasteiger partial charge in [0.25, 0.3) is 0 Å². The molecule has 0 radical (unpaired) electrons. The fraction of sp³-hybridized carbons (Fsp3) is 0.731. The number of ether oxygens (including phenoxy) is 2. The Kier molecular flexibility index (Phi) is 6.30. The fourth-order valence-corrected chi connectivity index (χ4v) is 6.13. The highest BCUT2D eigenvalue weighted by Crippen LogP contribution is 2.59. The Morgan fingerprint density at radius 3 is 2.47 bits per heavy atom. The van der Waals surface area contributed by atoms with E-state index in [1.165, 1.54) is 0 Å². The molecule has 0 aromatic heterocycles. The van der Waals surface area contributed by atoms with Gasteiger partial charge >= 0.3 is 5.97 Å². The molecule has 3 fully saturated rings. The Morgan fingerprint density at radius 2 is 1.94 bits per heavy atom. The third-order valence-electron chi connectivity index (χ3n) is 8.51. The molecule has 0 amide bonds.